The van der Waals surface area contributed by atoms with E-state index in [2.05, 4.69) is 15.2 Å². The average Bonchev–Trinajstić information content (AvgIpc) is 3.28. The van der Waals surface area contributed by atoms with E-state index >= 15 is 0 Å². The highest BCUT2D eigenvalue weighted by atomic mass is 19.1. The van der Waals surface area contributed by atoms with Crippen LogP contribution in [0, 0.1) is 5.92 Å². The molecule has 0 radical (unpaired) electrons. The highest BCUT2D eigenvalue weighted by Gasteiger charge is 2.32. The van der Waals surface area contributed by atoms with Gasteiger partial charge >= 0.3 is 0 Å². The summed E-state index contributed by atoms with van der Waals surface area (Å²) in [5, 5.41) is 19.2. The summed E-state index contributed by atoms with van der Waals surface area (Å²) in [6.07, 6.45) is 9.62. The van der Waals surface area contributed by atoms with E-state index in [1.54, 1.807) is 41.5 Å². The molecule has 29 heavy (non-hydrogen) atoms. The lowest BCUT2D eigenvalue weighted by Gasteiger charge is -2.30. The predicted molar refractivity (Wildman–Crippen MR) is 107 cm³/mol. The van der Waals surface area contributed by atoms with Gasteiger partial charge in [0, 0.05) is 36.0 Å². The van der Waals surface area contributed by atoms with Gasteiger partial charge in [-0.1, -0.05) is 12.8 Å². The van der Waals surface area contributed by atoms with Gasteiger partial charge in [0.15, 0.2) is 0 Å². The molecule has 1 saturated carbocycles. The lowest BCUT2D eigenvalue weighted by atomic mass is 9.80. The second-order valence-corrected chi connectivity index (χ2v) is 7.49. The minimum atomic E-state index is -0.845. The fourth-order valence-electron chi connectivity index (χ4n) is 4.21. The van der Waals surface area contributed by atoms with Crippen molar-refractivity contribution in [3.8, 4) is 28.4 Å². The fourth-order valence-corrected chi connectivity index (χ4v) is 4.21. The summed E-state index contributed by atoms with van der Waals surface area (Å²) in [6.45, 7) is 0.391. The minimum absolute atomic E-state index is 0.0909. The van der Waals surface area contributed by atoms with E-state index in [9.17, 15) is 9.50 Å². The molecule has 2 aromatic heterocycles. The van der Waals surface area contributed by atoms with Gasteiger partial charge < -0.3 is 14.4 Å². The maximum atomic E-state index is 14.5. The second-order valence-electron chi connectivity index (χ2n) is 7.49. The number of aromatic hydroxyl groups is 1. The Hall–Kier alpha value is -3.22. The number of phenols is 1. The van der Waals surface area contributed by atoms with Gasteiger partial charge in [-0.25, -0.2) is 9.37 Å². The molecule has 1 aliphatic carbocycles. The van der Waals surface area contributed by atoms with Gasteiger partial charge in [-0.05, 0) is 36.6 Å². The van der Waals surface area contributed by atoms with Gasteiger partial charge in [0.05, 0.1) is 12.0 Å². The molecule has 5 rings (SSSR count). The van der Waals surface area contributed by atoms with Gasteiger partial charge in [-0.15, -0.1) is 10.2 Å². The highest BCUT2D eigenvalue weighted by Crippen LogP contribution is 2.42. The van der Waals surface area contributed by atoms with Crippen molar-refractivity contribution >= 4 is 5.57 Å². The van der Waals surface area contributed by atoms with Crippen LogP contribution < -0.4 is 4.74 Å². The van der Waals surface area contributed by atoms with Crippen LogP contribution in [0.3, 0.4) is 0 Å². The van der Waals surface area contributed by atoms with Gasteiger partial charge in [0.1, 0.15) is 35.7 Å². The summed E-state index contributed by atoms with van der Waals surface area (Å²) < 4.78 is 22.1. The maximum absolute atomic E-state index is 14.5. The zero-order chi connectivity index (χ0) is 19.8. The smallest absolute Gasteiger partial charge is 0.149 e. The van der Waals surface area contributed by atoms with Crippen molar-refractivity contribution in [2.45, 2.75) is 31.9 Å². The zero-order valence-electron chi connectivity index (χ0n) is 15.8. The first-order chi connectivity index (χ1) is 14.2. The van der Waals surface area contributed by atoms with Crippen LogP contribution in [0.1, 0.15) is 31.4 Å². The predicted octanol–water partition coefficient (Wildman–Crippen LogP) is 4.34. The molecule has 6 nitrogen and oxygen atoms in total. The maximum Gasteiger partial charge on any atom is 0.149 e. The zero-order valence-corrected chi connectivity index (χ0v) is 15.8. The fraction of sp³-hybridized carbons (Fsp3) is 0.318. The number of aromatic nitrogens is 4. The van der Waals surface area contributed by atoms with Crippen LogP contribution in [0.15, 0.2) is 49.1 Å². The SMILES string of the molecule is Oc1cc(-n2ccnc2)ccc1-c1cc2c(nn1)C([C@@H]1CCCC[C@@H]1F)=CCO2. The first-order valence-corrected chi connectivity index (χ1v) is 9.87. The molecule has 7 heteroatoms. The molecule has 0 unspecified atom stereocenters. The summed E-state index contributed by atoms with van der Waals surface area (Å²) in [5.41, 5.74) is 3.38. The number of hydrogen-bond donors (Lipinski definition) is 1. The standard InChI is InChI=1S/C22H21FN4O2/c23-18-4-2-1-3-15(18)16-7-10-29-21-12-19(25-26-22(16)21)17-6-5-14(11-20(17)28)27-9-8-24-13-27/h5-9,11-13,15,18,28H,1-4,10H2/t15-,18-/m0/s1. The van der Waals surface area contributed by atoms with E-state index in [-0.39, 0.29) is 11.7 Å². The Balaban J connectivity index is 1.48. The number of imidazole rings is 1. The van der Waals surface area contributed by atoms with Gasteiger partial charge in [-0.3, -0.25) is 0 Å². The van der Waals surface area contributed by atoms with Gasteiger partial charge in [-0.2, -0.15) is 0 Å². The molecule has 3 heterocycles. The van der Waals surface area contributed by atoms with E-state index in [0.29, 0.717) is 35.7 Å². The first-order valence-electron chi connectivity index (χ1n) is 9.87. The number of hydrogen-bond acceptors (Lipinski definition) is 5. The number of allylic oxidation sites excluding steroid dienone is 1. The van der Waals surface area contributed by atoms with Gasteiger partial charge in [0.25, 0.3) is 0 Å². The monoisotopic (exact) mass is 392 g/mol. The Morgan fingerprint density at radius 3 is 2.83 bits per heavy atom. The molecule has 148 valence electrons. The molecule has 0 amide bonds. The van der Waals surface area contributed by atoms with Crippen molar-refractivity contribution in [2.24, 2.45) is 5.92 Å². The van der Waals surface area contributed by atoms with Crippen LogP contribution in [0.4, 0.5) is 4.39 Å². The molecular formula is C22H21FN4O2. The second kappa shape index (κ2) is 7.31. The molecule has 3 aromatic rings. The molecule has 2 atom stereocenters. The first kappa shape index (κ1) is 17.8. The van der Waals surface area contributed by atoms with E-state index in [1.807, 2.05) is 12.1 Å². The minimum Gasteiger partial charge on any atom is -0.507 e. The third-order valence-electron chi connectivity index (χ3n) is 5.72. The Morgan fingerprint density at radius 1 is 1.14 bits per heavy atom. The van der Waals surface area contributed by atoms with Crippen LogP contribution in [0.25, 0.3) is 22.5 Å². The number of fused-ring (bicyclic) bond motifs is 1. The van der Waals surface area contributed by atoms with E-state index in [1.165, 1.54) is 0 Å². The molecule has 1 aliphatic heterocycles. The van der Waals surface area contributed by atoms with Crippen molar-refractivity contribution in [3.05, 3.63) is 54.8 Å². The van der Waals surface area contributed by atoms with Crippen molar-refractivity contribution in [2.75, 3.05) is 6.61 Å². The number of nitrogens with zero attached hydrogens (tertiary/aromatic N) is 4. The van der Waals surface area contributed by atoms with Crippen LogP contribution in [-0.4, -0.2) is 37.6 Å². The van der Waals surface area contributed by atoms with E-state index < -0.39 is 6.17 Å². The highest BCUT2D eigenvalue weighted by molar-refractivity contribution is 5.75. The molecule has 1 aromatic carbocycles. The summed E-state index contributed by atoms with van der Waals surface area (Å²) >= 11 is 0. The molecule has 1 fully saturated rings. The molecule has 2 aliphatic rings. The Labute approximate surface area is 167 Å². The topological polar surface area (TPSA) is 73.1 Å². The number of rotatable bonds is 3. The summed E-state index contributed by atoms with van der Waals surface area (Å²) in [5.74, 6) is 0.533. The Kier molecular flexibility index (Phi) is 4.50. The number of alkyl halides is 1. The normalized spacial score (nSPS) is 21.2. The lowest BCUT2D eigenvalue weighted by Crippen LogP contribution is -2.24. The van der Waals surface area contributed by atoms with Crippen molar-refractivity contribution in [3.63, 3.8) is 0 Å². The lowest BCUT2D eigenvalue weighted by molar-refractivity contribution is 0.203. The van der Waals surface area contributed by atoms with Gasteiger partial charge in [0.2, 0.25) is 0 Å². The number of benzene rings is 1. The van der Waals surface area contributed by atoms with Crippen molar-refractivity contribution < 1.29 is 14.2 Å². The van der Waals surface area contributed by atoms with E-state index in [0.717, 1.165) is 30.5 Å². The average molecular weight is 392 g/mol. The largest absolute Gasteiger partial charge is 0.507 e. The Bertz CT molecular complexity index is 1060. The third-order valence-corrected chi connectivity index (χ3v) is 5.72. The summed E-state index contributed by atoms with van der Waals surface area (Å²) in [7, 11) is 0. The molecule has 0 spiro atoms. The van der Waals surface area contributed by atoms with Crippen molar-refractivity contribution in [1.29, 1.82) is 0 Å². The summed E-state index contributed by atoms with van der Waals surface area (Å²) in [6, 6.07) is 7.09. The van der Waals surface area contributed by atoms with Crippen LogP contribution in [0.2, 0.25) is 0 Å². The molecule has 0 saturated heterocycles. The third kappa shape index (κ3) is 3.26. The van der Waals surface area contributed by atoms with Crippen molar-refractivity contribution in [1.82, 2.24) is 19.7 Å². The molecule has 0 bridgehead atoms. The summed E-state index contributed by atoms with van der Waals surface area (Å²) in [4.78, 5) is 4.02. The number of halogens is 1. The quantitative estimate of drug-likeness (QED) is 0.718. The number of phenolic OH excluding ortho intramolecular Hbond substituents is 1. The van der Waals surface area contributed by atoms with Crippen LogP contribution >= 0.6 is 0 Å². The number of ether oxygens (including phenoxy) is 1. The van der Waals surface area contributed by atoms with Crippen LogP contribution in [0.5, 0.6) is 11.5 Å². The molecular weight excluding hydrogens is 371 g/mol. The van der Waals surface area contributed by atoms with Crippen LogP contribution in [-0.2, 0) is 0 Å². The molecule has 1 N–H and O–H groups in total. The van der Waals surface area contributed by atoms with E-state index in [4.69, 9.17) is 4.74 Å². The Morgan fingerprint density at radius 2 is 2.03 bits per heavy atom.